The van der Waals surface area contributed by atoms with Crippen LogP contribution in [0, 0.1) is 0 Å². The third kappa shape index (κ3) is 3.09. The molecule has 3 rings (SSSR count). The van der Waals surface area contributed by atoms with Crippen molar-refractivity contribution in [3.63, 3.8) is 0 Å². The molecular formula is C14H20N4O2S. The molecule has 1 aliphatic rings. The zero-order valence-corrected chi connectivity index (χ0v) is 13.1. The molecule has 0 radical (unpaired) electrons. The summed E-state index contributed by atoms with van der Waals surface area (Å²) in [5.41, 5.74) is 0.789. The molecule has 0 bridgehead atoms. The number of carbonyl (C=O) groups is 1. The second-order valence-corrected chi connectivity index (χ2v) is 6.73. The Balaban J connectivity index is 1.69. The molecule has 1 fully saturated rings. The zero-order chi connectivity index (χ0) is 15.0. The Morgan fingerprint density at radius 3 is 3.10 bits per heavy atom. The van der Waals surface area contributed by atoms with Crippen molar-refractivity contribution in [3.8, 4) is 0 Å². The summed E-state index contributed by atoms with van der Waals surface area (Å²) in [5.74, 6) is 0.0455. The van der Waals surface area contributed by atoms with E-state index >= 15 is 0 Å². The van der Waals surface area contributed by atoms with E-state index in [0.29, 0.717) is 19.4 Å². The minimum absolute atomic E-state index is 0.0455. The minimum Gasteiger partial charge on any atom is -0.391 e. The van der Waals surface area contributed by atoms with E-state index in [1.54, 1.807) is 16.2 Å². The van der Waals surface area contributed by atoms with Crippen LogP contribution in [0.4, 0.5) is 0 Å². The highest BCUT2D eigenvalue weighted by Crippen LogP contribution is 2.20. The molecule has 2 aromatic heterocycles. The lowest BCUT2D eigenvalue weighted by molar-refractivity contribution is -0.131. The first-order valence-electron chi connectivity index (χ1n) is 7.06. The number of nitrogens with zero attached hydrogens (tertiary/aromatic N) is 4. The Hall–Kier alpha value is -1.44. The van der Waals surface area contributed by atoms with Crippen LogP contribution in [0.3, 0.4) is 0 Å². The van der Waals surface area contributed by atoms with Crippen molar-refractivity contribution >= 4 is 22.2 Å². The van der Waals surface area contributed by atoms with E-state index in [-0.39, 0.29) is 11.9 Å². The Labute approximate surface area is 127 Å². The Bertz CT molecular complexity index is 607. The monoisotopic (exact) mass is 308 g/mol. The molecule has 2 unspecified atom stereocenters. The average molecular weight is 308 g/mol. The second kappa shape index (κ2) is 5.75. The molecule has 0 spiro atoms. The van der Waals surface area contributed by atoms with Crippen LogP contribution in [0.5, 0.6) is 0 Å². The van der Waals surface area contributed by atoms with Gasteiger partial charge in [0, 0.05) is 36.9 Å². The average Bonchev–Trinajstić information content (AvgIpc) is 3.03. The summed E-state index contributed by atoms with van der Waals surface area (Å²) in [4.78, 5) is 21.7. The Morgan fingerprint density at radius 2 is 2.38 bits per heavy atom. The third-order valence-corrected chi connectivity index (χ3v) is 4.53. The summed E-state index contributed by atoms with van der Waals surface area (Å²) in [5, 5.41) is 11.8. The molecule has 21 heavy (non-hydrogen) atoms. The van der Waals surface area contributed by atoms with E-state index in [4.69, 9.17) is 0 Å². The molecule has 2 atom stereocenters. The van der Waals surface area contributed by atoms with Gasteiger partial charge in [-0.05, 0) is 20.5 Å². The Kier molecular flexibility index (Phi) is 3.97. The lowest BCUT2D eigenvalue weighted by Gasteiger charge is -2.26. The summed E-state index contributed by atoms with van der Waals surface area (Å²) in [6, 6.07) is 0.0891. The number of thiazole rings is 1. The number of likely N-dealkylation sites (N-methyl/N-ethyl adjacent to an activating group) is 1. The van der Waals surface area contributed by atoms with Crippen molar-refractivity contribution < 1.29 is 9.90 Å². The number of fused-ring (bicyclic) bond motifs is 1. The molecule has 114 valence electrons. The minimum atomic E-state index is -0.413. The summed E-state index contributed by atoms with van der Waals surface area (Å²) < 4.78 is 1.93. The van der Waals surface area contributed by atoms with Gasteiger partial charge in [0.25, 0.3) is 0 Å². The van der Waals surface area contributed by atoms with Gasteiger partial charge in [-0.1, -0.05) is 0 Å². The number of aromatic nitrogens is 2. The van der Waals surface area contributed by atoms with Crippen LogP contribution in [0.15, 0.2) is 17.8 Å². The number of β-amino-alcohol motifs (C(OH)–C–C–N with tert-alkyl or cyclic N) is 1. The standard InChI is InChI=1S/C14H20N4O2S/c1-16(2)8-11-6-12(19)9-18(11)13(20)5-10-7-17-3-4-21-14(17)15-10/h3-4,7,11-12,19H,5-6,8-9H2,1-2H3. The second-order valence-electron chi connectivity index (χ2n) is 5.85. The van der Waals surface area contributed by atoms with E-state index in [2.05, 4.69) is 9.88 Å². The lowest BCUT2D eigenvalue weighted by Crippen LogP contribution is -2.42. The number of aliphatic hydroxyl groups excluding tert-OH is 1. The number of carbonyl (C=O) groups excluding carboxylic acids is 1. The molecule has 1 aliphatic heterocycles. The van der Waals surface area contributed by atoms with E-state index in [1.807, 2.05) is 36.3 Å². The number of rotatable bonds is 4. The highest BCUT2D eigenvalue weighted by atomic mass is 32.1. The van der Waals surface area contributed by atoms with Crippen LogP contribution in [0.25, 0.3) is 4.96 Å². The fourth-order valence-corrected chi connectivity index (χ4v) is 3.63. The lowest BCUT2D eigenvalue weighted by atomic mass is 10.2. The maximum Gasteiger partial charge on any atom is 0.229 e. The highest BCUT2D eigenvalue weighted by molar-refractivity contribution is 7.15. The Morgan fingerprint density at radius 1 is 1.57 bits per heavy atom. The first kappa shape index (κ1) is 14.5. The molecule has 0 aromatic carbocycles. The first-order valence-corrected chi connectivity index (χ1v) is 7.94. The van der Waals surface area contributed by atoms with Gasteiger partial charge in [0.1, 0.15) is 0 Å². The van der Waals surface area contributed by atoms with Gasteiger partial charge in [-0.2, -0.15) is 0 Å². The van der Waals surface area contributed by atoms with Gasteiger partial charge >= 0.3 is 0 Å². The SMILES string of the molecule is CN(C)CC1CC(O)CN1C(=O)Cc1cn2ccsc2n1. The molecule has 0 aliphatic carbocycles. The zero-order valence-electron chi connectivity index (χ0n) is 12.3. The van der Waals surface area contributed by atoms with Gasteiger partial charge in [-0.3, -0.25) is 9.20 Å². The number of hydrogen-bond donors (Lipinski definition) is 1. The summed E-state index contributed by atoms with van der Waals surface area (Å²) in [7, 11) is 3.97. The van der Waals surface area contributed by atoms with Crippen LogP contribution >= 0.6 is 11.3 Å². The fourth-order valence-electron chi connectivity index (χ4n) is 2.91. The number of amides is 1. The van der Waals surface area contributed by atoms with Gasteiger partial charge < -0.3 is 14.9 Å². The predicted octanol–water partition coefficient (Wildman–Crippen LogP) is 0.462. The third-order valence-electron chi connectivity index (χ3n) is 3.76. The van der Waals surface area contributed by atoms with Gasteiger partial charge in [-0.15, -0.1) is 11.3 Å². The van der Waals surface area contributed by atoms with Crippen molar-refractivity contribution in [1.82, 2.24) is 19.2 Å². The highest BCUT2D eigenvalue weighted by Gasteiger charge is 2.34. The van der Waals surface area contributed by atoms with Crippen molar-refractivity contribution in [3.05, 3.63) is 23.5 Å². The van der Waals surface area contributed by atoms with Crippen LogP contribution in [0.2, 0.25) is 0 Å². The molecule has 1 N–H and O–H groups in total. The van der Waals surface area contributed by atoms with Gasteiger partial charge in [0.2, 0.25) is 5.91 Å². The molecule has 1 saturated heterocycles. The van der Waals surface area contributed by atoms with Crippen molar-refractivity contribution in [2.45, 2.75) is 25.0 Å². The molecule has 7 heteroatoms. The van der Waals surface area contributed by atoms with Crippen LogP contribution in [0.1, 0.15) is 12.1 Å². The first-order chi connectivity index (χ1) is 10.0. The number of likely N-dealkylation sites (tertiary alicyclic amines) is 1. The van der Waals surface area contributed by atoms with Crippen molar-refractivity contribution in [1.29, 1.82) is 0 Å². The molecule has 3 heterocycles. The van der Waals surface area contributed by atoms with Crippen LogP contribution in [-0.2, 0) is 11.2 Å². The largest absolute Gasteiger partial charge is 0.391 e. The quantitative estimate of drug-likeness (QED) is 0.891. The molecule has 1 amide bonds. The van der Waals surface area contributed by atoms with Crippen LogP contribution in [-0.4, -0.2) is 69.5 Å². The van der Waals surface area contributed by atoms with Gasteiger partial charge in [0.05, 0.1) is 18.2 Å². The summed E-state index contributed by atoms with van der Waals surface area (Å²) in [6.45, 7) is 1.21. The predicted molar refractivity (Wildman–Crippen MR) is 81.5 cm³/mol. The summed E-state index contributed by atoms with van der Waals surface area (Å²) in [6.07, 6.45) is 4.38. The molecule has 0 saturated carbocycles. The normalized spacial score (nSPS) is 22.6. The number of imidazole rings is 1. The smallest absolute Gasteiger partial charge is 0.229 e. The van der Waals surface area contributed by atoms with Crippen molar-refractivity contribution in [2.24, 2.45) is 0 Å². The van der Waals surface area contributed by atoms with E-state index in [0.717, 1.165) is 17.2 Å². The molecule has 2 aromatic rings. The molecular weight excluding hydrogens is 288 g/mol. The maximum absolute atomic E-state index is 12.5. The van der Waals surface area contributed by atoms with Crippen LogP contribution < -0.4 is 0 Å². The maximum atomic E-state index is 12.5. The van der Waals surface area contributed by atoms with Crippen molar-refractivity contribution in [2.75, 3.05) is 27.2 Å². The van der Waals surface area contributed by atoms with Gasteiger partial charge in [0.15, 0.2) is 4.96 Å². The van der Waals surface area contributed by atoms with E-state index in [1.165, 1.54) is 0 Å². The number of hydrogen-bond acceptors (Lipinski definition) is 5. The number of aliphatic hydroxyl groups is 1. The fraction of sp³-hybridized carbons (Fsp3) is 0.571. The van der Waals surface area contributed by atoms with E-state index in [9.17, 15) is 9.90 Å². The summed E-state index contributed by atoms with van der Waals surface area (Å²) >= 11 is 1.56. The van der Waals surface area contributed by atoms with Gasteiger partial charge in [-0.25, -0.2) is 4.98 Å². The van der Waals surface area contributed by atoms with E-state index < -0.39 is 6.10 Å². The molecule has 6 nitrogen and oxygen atoms in total. The topological polar surface area (TPSA) is 61.1 Å².